The molecule has 2 aromatic rings. The molecule has 0 N–H and O–H groups in total. The number of carbonyl (C=O) groups excluding carboxylic acids is 1. The fourth-order valence-corrected chi connectivity index (χ4v) is 4.70. The van der Waals surface area contributed by atoms with Crippen LogP contribution in [0.15, 0.2) is 57.9 Å². The Balaban J connectivity index is 1.42. The molecule has 6 heteroatoms. The van der Waals surface area contributed by atoms with Gasteiger partial charge in [0.05, 0.1) is 6.61 Å². The molecule has 0 aromatic heterocycles. The number of piperidine rings is 1. The van der Waals surface area contributed by atoms with Gasteiger partial charge in [0.2, 0.25) is 5.91 Å². The lowest BCUT2D eigenvalue weighted by molar-refractivity contribution is -0.132. The van der Waals surface area contributed by atoms with Crippen LogP contribution in [-0.4, -0.2) is 42.4 Å². The van der Waals surface area contributed by atoms with Crippen LogP contribution in [0.2, 0.25) is 0 Å². The predicted molar refractivity (Wildman–Crippen MR) is 117 cm³/mol. The smallest absolute Gasteiger partial charge is 0.223 e. The lowest BCUT2D eigenvalue weighted by atomic mass is 10.1. The normalized spacial score (nSPS) is 14.7. The highest BCUT2D eigenvalue weighted by molar-refractivity contribution is 9.10. The zero-order valence-corrected chi connectivity index (χ0v) is 18.5. The molecule has 0 saturated carbocycles. The maximum Gasteiger partial charge on any atom is 0.223 e. The van der Waals surface area contributed by atoms with Gasteiger partial charge in [-0.1, -0.05) is 24.3 Å². The summed E-state index contributed by atoms with van der Waals surface area (Å²) in [6.45, 7) is 4.08. The number of hydrogen-bond acceptors (Lipinski definition) is 4. The quantitative estimate of drug-likeness (QED) is 0.491. The first-order valence-corrected chi connectivity index (χ1v) is 11.5. The van der Waals surface area contributed by atoms with Crippen molar-refractivity contribution in [2.24, 2.45) is 0 Å². The lowest BCUT2D eigenvalue weighted by Gasteiger charge is -2.32. The summed E-state index contributed by atoms with van der Waals surface area (Å²) in [5, 5.41) is 0. The molecule has 1 amide bonds. The fraction of sp³-hybridized carbons (Fsp3) is 0.409. The number of para-hydroxylation sites is 2. The summed E-state index contributed by atoms with van der Waals surface area (Å²) in [7, 11) is 0. The Bertz CT molecular complexity index is 778. The molecule has 1 aliphatic heterocycles. The van der Waals surface area contributed by atoms with Crippen LogP contribution in [-0.2, 0) is 4.79 Å². The Morgan fingerprint density at radius 3 is 2.50 bits per heavy atom. The van der Waals surface area contributed by atoms with E-state index in [1.807, 2.05) is 54.3 Å². The number of thioether (sulfide) groups is 1. The SMILES string of the molecule is CCOc1ccccc1OC1CCN(C(=O)CCSc2ccccc2Br)CC1. The summed E-state index contributed by atoms with van der Waals surface area (Å²) in [5.74, 6) is 2.60. The molecular weight excluding hydrogens is 438 g/mol. The summed E-state index contributed by atoms with van der Waals surface area (Å²) < 4.78 is 12.9. The van der Waals surface area contributed by atoms with Gasteiger partial charge < -0.3 is 14.4 Å². The van der Waals surface area contributed by atoms with Gasteiger partial charge in [0.15, 0.2) is 11.5 Å². The van der Waals surface area contributed by atoms with Crippen molar-refractivity contribution in [1.82, 2.24) is 4.90 Å². The monoisotopic (exact) mass is 463 g/mol. The van der Waals surface area contributed by atoms with Gasteiger partial charge in [-0.2, -0.15) is 0 Å². The molecule has 0 spiro atoms. The van der Waals surface area contributed by atoms with Crippen LogP contribution in [0.3, 0.4) is 0 Å². The summed E-state index contributed by atoms with van der Waals surface area (Å²) in [6.07, 6.45) is 2.39. The number of carbonyl (C=O) groups is 1. The van der Waals surface area contributed by atoms with Gasteiger partial charge in [-0.25, -0.2) is 0 Å². The predicted octanol–water partition coefficient (Wildman–Crippen LogP) is 5.40. The van der Waals surface area contributed by atoms with E-state index in [0.717, 1.165) is 47.7 Å². The number of amides is 1. The van der Waals surface area contributed by atoms with E-state index in [1.54, 1.807) is 11.8 Å². The van der Waals surface area contributed by atoms with E-state index in [1.165, 1.54) is 4.90 Å². The molecule has 0 bridgehead atoms. The topological polar surface area (TPSA) is 38.8 Å². The molecular formula is C22H26BrNO3S. The molecule has 1 aliphatic rings. The maximum atomic E-state index is 12.5. The van der Waals surface area contributed by atoms with Crippen LogP contribution >= 0.6 is 27.7 Å². The van der Waals surface area contributed by atoms with Crippen LogP contribution in [0.1, 0.15) is 26.2 Å². The first-order chi connectivity index (χ1) is 13.7. The Kier molecular flexibility index (Phi) is 8.10. The van der Waals surface area contributed by atoms with Crippen molar-refractivity contribution in [3.8, 4) is 11.5 Å². The number of benzene rings is 2. The Labute approximate surface area is 179 Å². The molecule has 1 saturated heterocycles. The van der Waals surface area contributed by atoms with Gasteiger partial charge in [0, 0.05) is 47.5 Å². The Morgan fingerprint density at radius 1 is 1.11 bits per heavy atom. The summed E-state index contributed by atoms with van der Waals surface area (Å²) >= 11 is 5.26. The van der Waals surface area contributed by atoms with Crippen molar-refractivity contribution in [1.29, 1.82) is 0 Å². The lowest BCUT2D eigenvalue weighted by Crippen LogP contribution is -2.41. The number of ether oxygens (including phenoxy) is 2. The van der Waals surface area contributed by atoms with Crippen molar-refractivity contribution in [2.45, 2.75) is 37.2 Å². The second kappa shape index (κ2) is 10.8. The molecule has 28 heavy (non-hydrogen) atoms. The molecule has 0 unspecified atom stereocenters. The molecule has 1 heterocycles. The van der Waals surface area contributed by atoms with Crippen molar-refractivity contribution >= 4 is 33.6 Å². The minimum Gasteiger partial charge on any atom is -0.490 e. The van der Waals surface area contributed by atoms with E-state index in [0.29, 0.717) is 13.0 Å². The Hall–Kier alpha value is -1.66. The van der Waals surface area contributed by atoms with Crippen LogP contribution < -0.4 is 9.47 Å². The van der Waals surface area contributed by atoms with E-state index in [9.17, 15) is 4.79 Å². The second-order valence-corrected chi connectivity index (χ2v) is 8.60. The van der Waals surface area contributed by atoms with E-state index in [2.05, 4.69) is 22.0 Å². The third-order valence-corrected chi connectivity index (χ3v) is 6.68. The number of halogens is 1. The van der Waals surface area contributed by atoms with Gasteiger partial charge in [0.1, 0.15) is 6.10 Å². The van der Waals surface area contributed by atoms with Crippen molar-refractivity contribution in [3.05, 3.63) is 53.0 Å². The second-order valence-electron chi connectivity index (χ2n) is 6.61. The van der Waals surface area contributed by atoms with E-state index in [4.69, 9.17) is 9.47 Å². The minimum absolute atomic E-state index is 0.125. The first-order valence-electron chi connectivity index (χ1n) is 9.71. The van der Waals surface area contributed by atoms with E-state index in [-0.39, 0.29) is 12.0 Å². The largest absolute Gasteiger partial charge is 0.490 e. The standard InChI is InChI=1S/C22H26BrNO3S/c1-2-26-19-8-4-5-9-20(19)27-17-11-14-24(15-12-17)22(25)13-16-28-21-10-6-3-7-18(21)23/h3-10,17H,2,11-16H2,1H3. The number of rotatable bonds is 8. The summed E-state index contributed by atoms with van der Waals surface area (Å²) in [6, 6.07) is 15.9. The third-order valence-electron chi connectivity index (χ3n) is 4.65. The van der Waals surface area contributed by atoms with Gasteiger partial charge in [0.25, 0.3) is 0 Å². The highest BCUT2D eigenvalue weighted by atomic mass is 79.9. The van der Waals surface area contributed by atoms with Crippen LogP contribution in [0.25, 0.3) is 0 Å². The van der Waals surface area contributed by atoms with E-state index < -0.39 is 0 Å². The molecule has 2 aromatic carbocycles. The molecule has 0 aliphatic carbocycles. The third kappa shape index (κ3) is 5.92. The number of nitrogens with zero attached hydrogens (tertiary/aromatic N) is 1. The first kappa shape index (κ1) is 21.1. The van der Waals surface area contributed by atoms with Crippen molar-refractivity contribution < 1.29 is 14.3 Å². The molecule has 0 radical (unpaired) electrons. The number of likely N-dealkylation sites (tertiary alicyclic amines) is 1. The summed E-state index contributed by atoms with van der Waals surface area (Å²) in [4.78, 5) is 15.7. The van der Waals surface area contributed by atoms with Gasteiger partial charge >= 0.3 is 0 Å². The maximum absolute atomic E-state index is 12.5. The van der Waals surface area contributed by atoms with Gasteiger partial charge in [-0.05, 0) is 47.1 Å². The van der Waals surface area contributed by atoms with E-state index >= 15 is 0 Å². The highest BCUT2D eigenvalue weighted by Gasteiger charge is 2.24. The van der Waals surface area contributed by atoms with Crippen LogP contribution in [0.4, 0.5) is 0 Å². The van der Waals surface area contributed by atoms with Crippen molar-refractivity contribution in [2.75, 3.05) is 25.4 Å². The van der Waals surface area contributed by atoms with Gasteiger partial charge in [-0.3, -0.25) is 4.79 Å². The molecule has 0 atom stereocenters. The molecule has 3 rings (SSSR count). The minimum atomic E-state index is 0.125. The fourth-order valence-electron chi connectivity index (χ4n) is 3.19. The molecule has 150 valence electrons. The highest BCUT2D eigenvalue weighted by Crippen LogP contribution is 2.30. The van der Waals surface area contributed by atoms with Crippen LogP contribution in [0.5, 0.6) is 11.5 Å². The van der Waals surface area contributed by atoms with Gasteiger partial charge in [-0.15, -0.1) is 11.8 Å². The van der Waals surface area contributed by atoms with Crippen molar-refractivity contribution in [3.63, 3.8) is 0 Å². The zero-order valence-electron chi connectivity index (χ0n) is 16.1. The molecule has 4 nitrogen and oxygen atoms in total. The van der Waals surface area contributed by atoms with Crippen LogP contribution in [0, 0.1) is 0 Å². The summed E-state index contributed by atoms with van der Waals surface area (Å²) in [5.41, 5.74) is 0. The zero-order chi connectivity index (χ0) is 19.8. The average Bonchev–Trinajstić information content (AvgIpc) is 2.71. The Morgan fingerprint density at radius 2 is 1.79 bits per heavy atom. The molecule has 1 fully saturated rings. The number of hydrogen-bond donors (Lipinski definition) is 0. The average molecular weight is 464 g/mol.